The van der Waals surface area contributed by atoms with E-state index in [1.54, 1.807) is 0 Å². The molecule has 1 aromatic heterocycles. The lowest BCUT2D eigenvalue weighted by Crippen LogP contribution is -2.21. The Morgan fingerprint density at radius 3 is 2.25 bits per heavy atom. The molecule has 0 saturated carbocycles. The van der Waals surface area contributed by atoms with Crippen molar-refractivity contribution in [2.45, 2.75) is 32.5 Å². The van der Waals surface area contributed by atoms with Gasteiger partial charge >= 0.3 is 5.97 Å². The zero-order valence-electron chi connectivity index (χ0n) is 14.4. The number of furan rings is 1. The number of hydrogen-bond donors (Lipinski definition) is 0. The van der Waals surface area contributed by atoms with Crippen molar-refractivity contribution in [1.29, 1.82) is 0 Å². The number of ether oxygens (including phenoxy) is 1. The highest BCUT2D eigenvalue weighted by molar-refractivity contribution is 7.88. The second-order valence-corrected chi connectivity index (χ2v) is 7.94. The Labute approximate surface area is 142 Å². The largest absolute Gasteiger partial charge is 0.454 e. The molecule has 130 valence electrons. The zero-order valence-corrected chi connectivity index (χ0v) is 15.2. The molecule has 1 heterocycles. The number of hydrogen-bond acceptors (Lipinski definition) is 5. The first-order chi connectivity index (χ1) is 11.1. The van der Waals surface area contributed by atoms with Gasteiger partial charge in [-0.05, 0) is 44.0 Å². The Kier molecular flexibility index (Phi) is 5.15. The third-order valence-electron chi connectivity index (χ3n) is 3.60. The number of rotatable bonds is 5. The Morgan fingerprint density at radius 2 is 1.71 bits per heavy atom. The van der Waals surface area contributed by atoms with Crippen LogP contribution < -0.4 is 0 Å². The SMILES string of the molecule is Cc1cc(C)c(C(=O)OCc2ccc(S(=O)(=O)N(C)C)o2)c(C)c1. The molecule has 0 amide bonds. The summed E-state index contributed by atoms with van der Waals surface area (Å²) >= 11 is 0. The van der Waals surface area contributed by atoms with Crippen molar-refractivity contribution in [3.63, 3.8) is 0 Å². The molecule has 0 spiro atoms. The summed E-state index contributed by atoms with van der Waals surface area (Å²) < 4.78 is 35.5. The van der Waals surface area contributed by atoms with Crippen LogP contribution in [0.5, 0.6) is 0 Å². The van der Waals surface area contributed by atoms with Crippen molar-refractivity contribution >= 4 is 16.0 Å². The fourth-order valence-corrected chi connectivity index (χ4v) is 3.28. The second kappa shape index (κ2) is 6.78. The van der Waals surface area contributed by atoms with Crippen LogP contribution in [0.15, 0.2) is 33.8 Å². The molecule has 0 N–H and O–H groups in total. The van der Waals surface area contributed by atoms with E-state index in [1.165, 1.54) is 26.2 Å². The molecule has 0 unspecified atom stereocenters. The van der Waals surface area contributed by atoms with Crippen LogP contribution in [0.25, 0.3) is 0 Å². The van der Waals surface area contributed by atoms with Crippen molar-refractivity contribution in [2.75, 3.05) is 14.1 Å². The highest BCUT2D eigenvalue weighted by Crippen LogP contribution is 2.20. The van der Waals surface area contributed by atoms with E-state index in [9.17, 15) is 13.2 Å². The smallest absolute Gasteiger partial charge is 0.339 e. The minimum Gasteiger partial charge on any atom is -0.454 e. The average Bonchev–Trinajstić information content (AvgIpc) is 2.93. The number of benzene rings is 1. The minimum atomic E-state index is -3.64. The van der Waals surface area contributed by atoms with Gasteiger partial charge in [0.15, 0.2) is 0 Å². The summed E-state index contributed by atoms with van der Waals surface area (Å²) in [5.41, 5.74) is 3.28. The van der Waals surface area contributed by atoms with Gasteiger partial charge in [-0.15, -0.1) is 0 Å². The number of carbonyl (C=O) groups excluding carboxylic acids is 1. The van der Waals surface area contributed by atoms with Crippen LogP contribution in [-0.4, -0.2) is 32.8 Å². The normalized spacial score (nSPS) is 11.8. The summed E-state index contributed by atoms with van der Waals surface area (Å²) in [4.78, 5) is 12.3. The van der Waals surface area contributed by atoms with E-state index in [0.717, 1.165) is 21.0 Å². The standard InChI is InChI=1S/C17H21NO5S/c1-11-8-12(2)16(13(3)9-11)17(19)22-10-14-6-7-15(23-14)24(20,21)18(4)5/h6-9H,10H2,1-5H3. The van der Waals surface area contributed by atoms with Crippen LogP contribution in [-0.2, 0) is 21.4 Å². The highest BCUT2D eigenvalue weighted by atomic mass is 32.2. The van der Waals surface area contributed by atoms with Crippen LogP contribution in [0.2, 0.25) is 0 Å². The maximum Gasteiger partial charge on any atom is 0.339 e. The molecule has 0 aliphatic heterocycles. The summed E-state index contributed by atoms with van der Waals surface area (Å²) in [6, 6.07) is 6.66. The zero-order chi connectivity index (χ0) is 18.1. The first-order valence-electron chi connectivity index (χ1n) is 7.39. The molecule has 0 aliphatic rings. The van der Waals surface area contributed by atoms with Crippen LogP contribution in [0, 0.1) is 20.8 Å². The third-order valence-corrected chi connectivity index (χ3v) is 5.29. The minimum absolute atomic E-state index is 0.130. The lowest BCUT2D eigenvalue weighted by molar-refractivity contribution is 0.0439. The summed E-state index contributed by atoms with van der Waals surface area (Å²) in [5, 5.41) is -0.179. The molecule has 1 aromatic carbocycles. The van der Waals surface area contributed by atoms with E-state index in [-0.39, 0.29) is 17.5 Å². The predicted molar refractivity (Wildman–Crippen MR) is 89.4 cm³/mol. The molecule has 0 aliphatic carbocycles. The number of esters is 1. The maximum absolute atomic E-state index is 12.3. The van der Waals surface area contributed by atoms with Gasteiger partial charge < -0.3 is 9.15 Å². The first kappa shape index (κ1) is 18.2. The number of nitrogens with zero attached hydrogens (tertiary/aromatic N) is 1. The summed E-state index contributed by atoms with van der Waals surface area (Å²) in [7, 11) is -0.804. The summed E-state index contributed by atoms with van der Waals surface area (Å²) in [5.74, 6) is -0.190. The van der Waals surface area contributed by atoms with Crippen LogP contribution in [0.4, 0.5) is 0 Å². The van der Waals surface area contributed by atoms with Crippen molar-refractivity contribution in [3.8, 4) is 0 Å². The molecule has 6 nitrogen and oxygen atoms in total. The van der Waals surface area contributed by atoms with E-state index in [2.05, 4.69) is 0 Å². The maximum atomic E-state index is 12.3. The lowest BCUT2D eigenvalue weighted by Gasteiger charge is -2.10. The monoisotopic (exact) mass is 351 g/mol. The van der Waals surface area contributed by atoms with Crippen molar-refractivity contribution in [2.24, 2.45) is 0 Å². The van der Waals surface area contributed by atoms with E-state index < -0.39 is 16.0 Å². The average molecular weight is 351 g/mol. The molecule has 0 saturated heterocycles. The Hall–Kier alpha value is -2.12. The number of sulfonamides is 1. The van der Waals surface area contributed by atoms with Gasteiger partial charge in [0, 0.05) is 14.1 Å². The molecule has 0 atom stereocenters. The van der Waals surface area contributed by atoms with Gasteiger partial charge in [-0.3, -0.25) is 0 Å². The number of aryl methyl sites for hydroxylation is 3. The van der Waals surface area contributed by atoms with Crippen molar-refractivity contribution < 1.29 is 22.4 Å². The highest BCUT2D eigenvalue weighted by Gasteiger charge is 2.22. The summed E-state index contributed by atoms with van der Waals surface area (Å²) in [6.45, 7) is 5.54. The molecule has 24 heavy (non-hydrogen) atoms. The lowest BCUT2D eigenvalue weighted by atomic mass is 10.00. The fourth-order valence-electron chi connectivity index (χ4n) is 2.47. The molecular weight excluding hydrogens is 330 g/mol. The Morgan fingerprint density at radius 1 is 1.12 bits per heavy atom. The quantitative estimate of drug-likeness (QED) is 0.774. The molecule has 7 heteroatoms. The van der Waals surface area contributed by atoms with Crippen molar-refractivity contribution in [3.05, 3.63) is 52.3 Å². The van der Waals surface area contributed by atoms with Gasteiger partial charge in [0.05, 0.1) is 5.56 Å². The van der Waals surface area contributed by atoms with Crippen LogP contribution in [0.3, 0.4) is 0 Å². The van der Waals surface area contributed by atoms with E-state index >= 15 is 0 Å². The third kappa shape index (κ3) is 3.68. The number of carbonyl (C=O) groups is 1. The molecule has 2 rings (SSSR count). The Balaban J connectivity index is 2.13. The van der Waals surface area contributed by atoms with Crippen LogP contribution >= 0.6 is 0 Å². The van der Waals surface area contributed by atoms with Gasteiger partial charge in [-0.25, -0.2) is 17.5 Å². The fraction of sp³-hybridized carbons (Fsp3) is 0.353. The van der Waals surface area contributed by atoms with Gasteiger partial charge in [0.25, 0.3) is 10.0 Å². The van der Waals surface area contributed by atoms with E-state index in [1.807, 2.05) is 32.9 Å². The van der Waals surface area contributed by atoms with Crippen molar-refractivity contribution in [1.82, 2.24) is 4.31 Å². The molecule has 2 aromatic rings. The molecule has 0 radical (unpaired) electrons. The topological polar surface area (TPSA) is 76.8 Å². The van der Waals surface area contributed by atoms with E-state index in [4.69, 9.17) is 9.15 Å². The molecular formula is C17H21NO5S. The van der Waals surface area contributed by atoms with Gasteiger partial charge in [-0.1, -0.05) is 17.7 Å². The summed E-state index contributed by atoms with van der Waals surface area (Å²) in [6.07, 6.45) is 0. The first-order valence-corrected chi connectivity index (χ1v) is 8.83. The molecule has 0 fully saturated rings. The van der Waals surface area contributed by atoms with E-state index in [0.29, 0.717) is 5.56 Å². The molecule has 0 bridgehead atoms. The van der Waals surface area contributed by atoms with Crippen LogP contribution in [0.1, 0.15) is 32.8 Å². The van der Waals surface area contributed by atoms with Gasteiger partial charge in [0.1, 0.15) is 12.4 Å². The van der Waals surface area contributed by atoms with Gasteiger partial charge in [-0.2, -0.15) is 0 Å². The predicted octanol–water partition coefficient (Wildman–Crippen LogP) is 2.81. The second-order valence-electron chi connectivity index (χ2n) is 5.86. The Bertz CT molecular complexity index is 842. The van der Waals surface area contributed by atoms with Gasteiger partial charge in [0.2, 0.25) is 5.09 Å².